The zero-order valence-electron chi connectivity index (χ0n) is 12.4. The summed E-state index contributed by atoms with van der Waals surface area (Å²) in [6.07, 6.45) is 0. The Bertz CT molecular complexity index is 808. The number of fused-ring (bicyclic) bond motifs is 1. The highest BCUT2D eigenvalue weighted by molar-refractivity contribution is 7.98. The third-order valence-electron chi connectivity index (χ3n) is 3.90. The van der Waals surface area contributed by atoms with E-state index >= 15 is 0 Å². The number of thioether (sulfide) groups is 1. The third-order valence-corrected chi connectivity index (χ3v) is 4.80. The lowest BCUT2D eigenvalue weighted by atomic mass is 10.00. The van der Waals surface area contributed by atoms with E-state index in [1.807, 2.05) is 6.07 Å². The fraction of sp³-hybridized carbons (Fsp3) is 0.235. The number of hydrogen-bond acceptors (Lipinski definition) is 3. The first kappa shape index (κ1) is 14.0. The van der Waals surface area contributed by atoms with Gasteiger partial charge in [-0.15, -0.1) is 0 Å². The molecule has 0 bridgehead atoms. The van der Waals surface area contributed by atoms with Gasteiger partial charge in [0, 0.05) is 11.8 Å². The number of nitrogens with zero attached hydrogens (tertiary/aromatic N) is 1. The molecule has 3 aromatic rings. The first-order valence-corrected chi connectivity index (χ1v) is 7.90. The van der Waals surface area contributed by atoms with Crippen LogP contribution >= 0.6 is 11.8 Å². The topological polar surface area (TPSA) is 48.9 Å². The van der Waals surface area contributed by atoms with Crippen molar-refractivity contribution in [2.75, 3.05) is 0 Å². The predicted octanol–water partition coefficient (Wildman–Crippen LogP) is 4.49. The maximum Gasteiger partial charge on any atom is 0.166 e. The molecule has 1 aromatic heterocycles. The smallest absolute Gasteiger partial charge is 0.166 e. The highest BCUT2D eigenvalue weighted by atomic mass is 32.2. The first-order chi connectivity index (χ1) is 10.0. The fourth-order valence-electron chi connectivity index (χ4n) is 2.41. The van der Waals surface area contributed by atoms with E-state index < -0.39 is 0 Å². The van der Waals surface area contributed by atoms with E-state index in [9.17, 15) is 5.11 Å². The standard InChI is InChI=1S/C17H18N2OS/c1-10-4-5-11(2)14(12(10)3)9-21-17-18-15-7-6-13(20)8-16(15)19-17/h4-8,20H,9H2,1-3H3,(H,18,19). The van der Waals surface area contributed by atoms with E-state index in [0.717, 1.165) is 21.9 Å². The summed E-state index contributed by atoms with van der Waals surface area (Å²) in [7, 11) is 0. The number of benzene rings is 2. The van der Waals surface area contributed by atoms with Crippen molar-refractivity contribution in [1.29, 1.82) is 0 Å². The minimum atomic E-state index is 0.257. The average molecular weight is 298 g/mol. The molecule has 3 rings (SSSR count). The van der Waals surface area contributed by atoms with E-state index in [-0.39, 0.29) is 5.75 Å². The molecule has 2 N–H and O–H groups in total. The van der Waals surface area contributed by atoms with Crippen molar-refractivity contribution in [1.82, 2.24) is 9.97 Å². The summed E-state index contributed by atoms with van der Waals surface area (Å²) in [5, 5.41) is 10.4. The predicted molar refractivity (Wildman–Crippen MR) is 88.0 cm³/mol. The van der Waals surface area contributed by atoms with Crippen molar-refractivity contribution < 1.29 is 5.11 Å². The Labute approximate surface area is 128 Å². The van der Waals surface area contributed by atoms with Gasteiger partial charge in [0.25, 0.3) is 0 Å². The summed E-state index contributed by atoms with van der Waals surface area (Å²) < 4.78 is 0. The molecule has 0 spiro atoms. The number of H-pyrrole nitrogens is 1. The SMILES string of the molecule is Cc1ccc(C)c(CSc2nc3ccc(O)cc3[nH]2)c1C. The highest BCUT2D eigenvalue weighted by Crippen LogP contribution is 2.28. The lowest BCUT2D eigenvalue weighted by Gasteiger charge is -2.11. The van der Waals surface area contributed by atoms with Gasteiger partial charge in [-0.3, -0.25) is 0 Å². The first-order valence-electron chi connectivity index (χ1n) is 6.92. The van der Waals surface area contributed by atoms with Gasteiger partial charge in [-0.25, -0.2) is 4.98 Å². The second-order valence-electron chi connectivity index (χ2n) is 5.33. The van der Waals surface area contributed by atoms with Crippen LogP contribution in [0.25, 0.3) is 11.0 Å². The molecule has 4 heteroatoms. The van der Waals surface area contributed by atoms with Crippen LogP contribution < -0.4 is 0 Å². The van der Waals surface area contributed by atoms with Crippen LogP contribution in [0.5, 0.6) is 5.75 Å². The summed E-state index contributed by atoms with van der Waals surface area (Å²) >= 11 is 1.69. The van der Waals surface area contributed by atoms with Crippen LogP contribution in [0.3, 0.4) is 0 Å². The Morgan fingerprint density at radius 1 is 1.10 bits per heavy atom. The monoisotopic (exact) mass is 298 g/mol. The molecule has 0 amide bonds. The lowest BCUT2D eigenvalue weighted by molar-refractivity contribution is 0.476. The Morgan fingerprint density at radius 3 is 2.67 bits per heavy atom. The number of phenolic OH excluding ortho intramolecular Hbond substituents is 1. The number of phenols is 1. The molecule has 0 radical (unpaired) electrons. The van der Waals surface area contributed by atoms with Crippen LogP contribution in [-0.2, 0) is 5.75 Å². The van der Waals surface area contributed by atoms with E-state index in [4.69, 9.17) is 0 Å². The third kappa shape index (κ3) is 2.76. The number of nitrogens with one attached hydrogen (secondary N) is 1. The van der Waals surface area contributed by atoms with Crippen LogP contribution in [0.1, 0.15) is 22.3 Å². The maximum atomic E-state index is 9.50. The van der Waals surface area contributed by atoms with E-state index in [1.165, 1.54) is 22.3 Å². The van der Waals surface area contributed by atoms with Crippen molar-refractivity contribution in [3.63, 3.8) is 0 Å². The molecule has 0 atom stereocenters. The fourth-order valence-corrected chi connectivity index (χ4v) is 3.48. The van der Waals surface area contributed by atoms with E-state index in [2.05, 4.69) is 42.9 Å². The zero-order chi connectivity index (χ0) is 15.0. The van der Waals surface area contributed by atoms with Crippen LogP contribution in [0.15, 0.2) is 35.5 Å². The van der Waals surface area contributed by atoms with Crippen LogP contribution in [0.2, 0.25) is 0 Å². The van der Waals surface area contributed by atoms with Crippen molar-refractivity contribution in [3.05, 3.63) is 52.6 Å². The van der Waals surface area contributed by atoms with E-state index in [1.54, 1.807) is 23.9 Å². The molecule has 0 aliphatic heterocycles. The molecule has 0 unspecified atom stereocenters. The molecule has 0 aliphatic carbocycles. The molecule has 108 valence electrons. The van der Waals surface area contributed by atoms with Crippen molar-refractivity contribution in [3.8, 4) is 5.75 Å². The molecular weight excluding hydrogens is 280 g/mol. The number of rotatable bonds is 3. The highest BCUT2D eigenvalue weighted by Gasteiger charge is 2.08. The molecule has 0 fully saturated rings. The summed E-state index contributed by atoms with van der Waals surface area (Å²) in [6.45, 7) is 6.47. The van der Waals surface area contributed by atoms with Gasteiger partial charge in [0.15, 0.2) is 5.16 Å². The molecule has 1 heterocycles. The van der Waals surface area contributed by atoms with Gasteiger partial charge >= 0.3 is 0 Å². The van der Waals surface area contributed by atoms with Crippen molar-refractivity contribution in [2.45, 2.75) is 31.7 Å². The van der Waals surface area contributed by atoms with Crippen LogP contribution in [0.4, 0.5) is 0 Å². The van der Waals surface area contributed by atoms with Crippen LogP contribution in [-0.4, -0.2) is 15.1 Å². The summed E-state index contributed by atoms with van der Waals surface area (Å²) in [5.41, 5.74) is 7.13. The number of imidazole rings is 1. The van der Waals surface area contributed by atoms with Gasteiger partial charge in [0.1, 0.15) is 5.75 Å². The Hall–Kier alpha value is -1.94. The Kier molecular flexibility index (Phi) is 3.64. The number of aryl methyl sites for hydroxylation is 2. The van der Waals surface area contributed by atoms with Crippen molar-refractivity contribution >= 4 is 22.8 Å². The molecule has 0 saturated heterocycles. The second kappa shape index (κ2) is 5.45. The Morgan fingerprint density at radius 2 is 1.86 bits per heavy atom. The molecule has 21 heavy (non-hydrogen) atoms. The minimum Gasteiger partial charge on any atom is -0.508 e. The summed E-state index contributed by atoms with van der Waals surface area (Å²) in [5.74, 6) is 1.15. The zero-order valence-corrected chi connectivity index (χ0v) is 13.2. The second-order valence-corrected chi connectivity index (χ2v) is 6.30. The quantitative estimate of drug-likeness (QED) is 0.701. The Balaban J connectivity index is 1.85. The number of aromatic amines is 1. The van der Waals surface area contributed by atoms with Gasteiger partial charge in [-0.1, -0.05) is 23.9 Å². The number of aromatic nitrogens is 2. The van der Waals surface area contributed by atoms with Gasteiger partial charge in [0.05, 0.1) is 11.0 Å². The van der Waals surface area contributed by atoms with Gasteiger partial charge in [0.2, 0.25) is 0 Å². The largest absolute Gasteiger partial charge is 0.508 e. The molecule has 3 nitrogen and oxygen atoms in total. The minimum absolute atomic E-state index is 0.257. The van der Waals surface area contributed by atoms with Crippen molar-refractivity contribution in [2.24, 2.45) is 0 Å². The average Bonchev–Trinajstić information content (AvgIpc) is 2.85. The molecule has 2 aromatic carbocycles. The maximum absolute atomic E-state index is 9.50. The lowest BCUT2D eigenvalue weighted by Crippen LogP contribution is -1.94. The summed E-state index contributed by atoms with van der Waals surface area (Å²) in [4.78, 5) is 7.80. The molecule has 0 saturated carbocycles. The van der Waals surface area contributed by atoms with E-state index in [0.29, 0.717) is 0 Å². The normalized spacial score (nSPS) is 11.2. The van der Waals surface area contributed by atoms with Gasteiger partial charge in [-0.2, -0.15) is 0 Å². The van der Waals surface area contributed by atoms with Gasteiger partial charge < -0.3 is 10.1 Å². The number of aromatic hydroxyl groups is 1. The summed E-state index contributed by atoms with van der Waals surface area (Å²) in [6, 6.07) is 9.54. The van der Waals surface area contributed by atoms with Gasteiger partial charge in [-0.05, 0) is 55.2 Å². The van der Waals surface area contributed by atoms with Crippen LogP contribution in [0, 0.1) is 20.8 Å². The molecule has 0 aliphatic rings. The molecular formula is C17H18N2OS. The number of hydrogen-bond donors (Lipinski definition) is 2.